The summed E-state index contributed by atoms with van der Waals surface area (Å²) in [6, 6.07) is 26.2. The van der Waals surface area contributed by atoms with E-state index in [4.69, 9.17) is 0 Å². The minimum atomic E-state index is -0.213. The van der Waals surface area contributed by atoms with Gasteiger partial charge in [-0.3, -0.25) is 0 Å². The second-order valence-electron chi connectivity index (χ2n) is 10.2. The molecule has 4 aromatic carbocycles. The molecule has 0 aliphatic rings. The Morgan fingerprint density at radius 1 is 0.571 bits per heavy atom. The summed E-state index contributed by atoms with van der Waals surface area (Å²) < 4.78 is 0. The van der Waals surface area contributed by atoms with Crippen molar-refractivity contribution in [2.75, 3.05) is 0 Å². The van der Waals surface area contributed by atoms with E-state index in [-0.39, 0.29) is 11.3 Å². The van der Waals surface area contributed by atoms with Crippen LogP contribution in [0, 0.1) is 20.8 Å². The van der Waals surface area contributed by atoms with Gasteiger partial charge in [-0.1, -0.05) is 74.5 Å². The first-order valence-electron chi connectivity index (χ1n) is 12.0. The maximum absolute atomic E-state index is 10.1. The van der Waals surface area contributed by atoms with Crippen LogP contribution in [0.2, 0.25) is 0 Å². The molecule has 180 valence electrons. The van der Waals surface area contributed by atoms with Crippen LogP contribution in [0.3, 0.4) is 0 Å². The van der Waals surface area contributed by atoms with Crippen LogP contribution in [0.5, 0.6) is 17.2 Å². The summed E-state index contributed by atoms with van der Waals surface area (Å²) in [7, 11) is 0. The fourth-order valence-corrected chi connectivity index (χ4v) is 4.75. The van der Waals surface area contributed by atoms with Crippen molar-refractivity contribution < 1.29 is 15.3 Å². The van der Waals surface area contributed by atoms with Crippen LogP contribution in [-0.2, 0) is 11.8 Å². The molecule has 0 spiro atoms. The Morgan fingerprint density at radius 3 is 1.63 bits per heavy atom. The van der Waals surface area contributed by atoms with Crippen molar-refractivity contribution >= 4 is 0 Å². The van der Waals surface area contributed by atoms with Gasteiger partial charge in [-0.15, -0.1) is 0 Å². The van der Waals surface area contributed by atoms with Crippen LogP contribution in [0.4, 0.5) is 0 Å². The Morgan fingerprint density at radius 2 is 1.06 bits per heavy atom. The van der Waals surface area contributed by atoms with Crippen molar-refractivity contribution in [1.82, 2.24) is 0 Å². The van der Waals surface area contributed by atoms with Crippen LogP contribution in [0.1, 0.15) is 64.3 Å². The third-order valence-corrected chi connectivity index (χ3v) is 7.28. The molecule has 35 heavy (non-hydrogen) atoms. The summed E-state index contributed by atoms with van der Waals surface area (Å²) >= 11 is 0. The predicted octanol–water partition coefficient (Wildman–Crippen LogP) is 7.43. The number of phenolic OH excluding ortho intramolecular Hbond substituents is 3. The Bertz CT molecular complexity index is 1350. The molecule has 0 bridgehead atoms. The molecule has 0 saturated heterocycles. The molecule has 0 aliphatic heterocycles. The van der Waals surface area contributed by atoms with Crippen LogP contribution in [0.15, 0.2) is 78.9 Å². The van der Waals surface area contributed by atoms with Gasteiger partial charge in [0.25, 0.3) is 0 Å². The fraction of sp³-hybridized carbons (Fsp3) is 0.250. The average molecular weight is 467 g/mol. The van der Waals surface area contributed by atoms with E-state index in [0.717, 1.165) is 39.8 Å². The van der Waals surface area contributed by atoms with Gasteiger partial charge in [-0.25, -0.2) is 0 Å². The van der Waals surface area contributed by atoms with Crippen LogP contribution in [-0.4, -0.2) is 15.3 Å². The number of hydrogen-bond acceptors (Lipinski definition) is 3. The maximum Gasteiger partial charge on any atom is 0.118 e. The Hall–Kier alpha value is -3.72. The highest BCUT2D eigenvalue weighted by Crippen LogP contribution is 2.36. The zero-order chi connectivity index (χ0) is 25.3. The third kappa shape index (κ3) is 5.05. The first-order valence-corrected chi connectivity index (χ1v) is 12.0. The number of rotatable bonds is 6. The zero-order valence-corrected chi connectivity index (χ0v) is 21.1. The summed E-state index contributed by atoms with van der Waals surface area (Å²) in [5.41, 5.74) is 8.24. The summed E-state index contributed by atoms with van der Waals surface area (Å²) in [6.45, 7) is 10.2. The van der Waals surface area contributed by atoms with Gasteiger partial charge in [0, 0.05) is 11.3 Å². The highest BCUT2D eigenvalue weighted by Gasteiger charge is 2.25. The minimum Gasteiger partial charge on any atom is -0.508 e. The van der Waals surface area contributed by atoms with Crippen molar-refractivity contribution in [3.05, 3.63) is 123 Å². The minimum absolute atomic E-state index is 0.103. The molecule has 0 saturated carbocycles. The number of phenols is 3. The monoisotopic (exact) mass is 466 g/mol. The first-order chi connectivity index (χ1) is 16.6. The summed E-state index contributed by atoms with van der Waals surface area (Å²) in [5.74, 6) is 1.03. The molecule has 3 heteroatoms. The van der Waals surface area contributed by atoms with Gasteiger partial charge in [0.2, 0.25) is 0 Å². The Labute approximate surface area is 208 Å². The molecule has 3 N–H and O–H groups in total. The number of hydrogen-bond donors (Lipinski definition) is 3. The highest BCUT2D eigenvalue weighted by molar-refractivity contribution is 5.47. The molecule has 0 fully saturated rings. The number of aromatic hydroxyl groups is 3. The summed E-state index contributed by atoms with van der Waals surface area (Å²) in [5, 5.41) is 30.0. The van der Waals surface area contributed by atoms with Gasteiger partial charge >= 0.3 is 0 Å². The second kappa shape index (κ2) is 9.50. The zero-order valence-electron chi connectivity index (χ0n) is 21.1. The van der Waals surface area contributed by atoms with Gasteiger partial charge < -0.3 is 15.3 Å². The molecule has 4 rings (SSSR count). The lowest BCUT2D eigenvalue weighted by Crippen LogP contribution is -2.19. The topological polar surface area (TPSA) is 60.7 Å². The highest BCUT2D eigenvalue weighted by atomic mass is 16.3. The van der Waals surface area contributed by atoms with Crippen molar-refractivity contribution in [2.45, 2.75) is 52.4 Å². The third-order valence-electron chi connectivity index (χ3n) is 7.28. The first kappa shape index (κ1) is 24.4. The molecule has 0 radical (unpaired) electrons. The SMILES string of the molecule is Cc1cc(CC(c2ccc(C(C)(C)c3ccc(O)c(C)c3)cc2)c2ccc(O)c(C)c2)ccc1O. The predicted molar refractivity (Wildman–Crippen MR) is 143 cm³/mol. The van der Waals surface area contributed by atoms with Gasteiger partial charge in [0.1, 0.15) is 17.2 Å². The van der Waals surface area contributed by atoms with Gasteiger partial charge in [0.15, 0.2) is 0 Å². The van der Waals surface area contributed by atoms with Gasteiger partial charge in [0.05, 0.1) is 0 Å². The summed E-state index contributed by atoms with van der Waals surface area (Å²) in [4.78, 5) is 0. The van der Waals surface area contributed by atoms with E-state index in [2.05, 4.69) is 50.2 Å². The lowest BCUT2D eigenvalue weighted by molar-refractivity contribution is 0.470. The van der Waals surface area contributed by atoms with E-state index in [1.807, 2.05) is 45.0 Å². The molecule has 0 heterocycles. The fourth-order valence-electron chi connectivity index (χ4n) is 4.75. The van der Waals surface area contributed by atoms with E-state index < -0.39 is 0 Å². The van der Waals surface area contributed by atoms with E-state index in [0.29, 0.717) is 17.2 Å². The lowest BCUT2D eigenvalue weighted by atomic mass is 9.76. The quantitative estimate of drug-likeness (QED) is 0.277. The van der Waals surface area contributed by atoms with E-state index in [1.165, 1.54) is 11.1 Å². The van der Waals surface area contributed by atoms with Crippen molar-refractivity contribution in [2.24, 2.45) is 0 Å². The standard InChI is InChI=1S/C32H34O3/c1-20-16-23(6-13-29(20)33)19-28(25-9-14-30(34)21(2)17-25)24-7-10-26(11-8-24)32(4,5)27-12-15-31(35)22(3)18-27/h6-18,28,33-35H,19H2,1-5H3. The van der Waals surface area contributed by atoms with Crippen LogP contribution < -0.4 is 0 Å². The van der Waals surface area contributed by atoms with E-state index in [1.54, 1.807) is 18.2 Å². The number of benzene rings is 4. The molecular weight excluding hydrogens is 432 g/mol. The van der Waals surface area contributed by atoms with Crippen molar-refractivity contribution in [3.63, 3.8) is 0 Å². The molecule has 4 aromatic rings. The maximum atomic E-state index is 10.1. The van der Waals surface area contributed by atoms with E-state index >= 15 is 0 Å². The molecule has 1 atom stereocenters. The Kier molecular flexibility index (Phi) is 6.62. The van der Waals surface area contributed by atoms with Crippen LogP contribution >= 0.6 is 0 Å². The van der Waals surface area contributed by atoms with Crippen molar-refractivity contribution in [3.8, 4) is 17.2 Å². The molecular formula is C32H34O3. The van der Waals surface area contributed by atoms with Gasteiger partial charge in [-0.05, 0) is 89.9 Å². The Balaban J connectivity index is 1.72. The largest absolute Gasteiger partial charge is 0.508 e. The van der Waals surface area contributed by atoms with Crippen molar-refractivity contribution in [1.29, 1.82) is 0 Å². The molecule has 1 unspecified atom stereocenters. The number of aryl methyl sites for hydroxylation is 3. The average Bonchev–Trinajstić information content (AvgIpc) is 2.83. The smallest absolute Gasteiger partial charge is 0.118 e. The van der Waals surface area contributed by atoms with Gasteiger partial charge in [-0.2, -0.15) is 0 Å². The molecule has 0 aromatic heterocycles. The molecule has 0 aliphatic carbocycles. The molecule has 0 amide bonds. The van der Waals surface area contributed by atoms with E-state index in [9.17, 15) is 15.3 Å². The summed E-state index contributed by atoms with van der Waals surface area (Å²) in [6.07, 6.45) is 0.783. The lowest BCUT2D eigenvalue weighted by Gasteiger charge is -2.28. The normalized spacial score (nSPS) is 12.5. The molecule has 3 nitrogen and oxygen atoms in total. The van der Waals surface area contributed by atoms with Crippen LogP contribution in [0.25, 0.3) is 0 Å². The second-order valence-corrected chi connectivity index (χ2v) is 10.2.